The molecule has 0 radical (unpaired) electrons. The number of pyridine rings is 1. The highest BCUT2D eigenvalue weighted by Crippen LogP contribution is 2.17. The molecular weight excluding hydrogens is 364 g/mol. The Labute approximate surface area is 165 Å². The molecule has 3 rings (SSSR count). The van der Waals surface area contributed by atoms with Crippen LogP contribution in [0.1, 0.15) is 35.7 Å². The number of nitrogens with one attached hydrogen (secondary N) is 3. The van der Waals surface area contributed by atoms with Gasteiger partial charge in [-0.1, -0.05) is 12.1 Å². The summed E-state index contributed by atoms with van der Waals surface area (Å²) in [7, 11) is 0. The molecule has 1 aromatic heterocycles. The summed E-state index contributed by atoms with van der Waals surface area (Å²) in [5, 5.41) is 9.24. The van der Waals surface area contributed by atoms with Crippen LogP contribution in [0.5, 0.6) is 0 Å². The van der Waals surface area contributed by atoms with Crippen LogP contribution in [-0.4, -0.2) is 29.4 Å². The van der Waals surface area contributed by atoms with Crippen molar-refractivity contribution < 1.29 is 9.59 Å². The van der Waals surface area contributed by atoms with E-state index in [1.807, 2.05) is 24.3 Å². The van der Waals surface area contributed by atoms with Gasteiger partial charge >= 0.3 is 0 Å². The van der Waals surface area contributed by atoms with E-state index in [0.29, 0.717) is 23.8 Å². The molecule has 0 unspecified atom stereocenters. The van der Waals surface area contributed by atoms with E-state index in [-0.39, 0.29) is 30.1 Å². The number of aromatic nitrogens is 1. The number of rotatable bonds is 5. The van der Waals surface area contributed by atoms with Crippen LogP contribution in [-0.2, 0) is 11.3 Å². The Morgan fingerprint density at radius 2 is 2.00 bits per heavy atom. The van der Waals surface area contributed by atoms with Crippen LogP contribution in [0.3, 0.4) is 0 Å². The number of halogens is 1. The summed E-state index contributed by atoms with van der Waals surface area (Å²) in [4.78, 5) is 28.5. The van der Waals surface area contributed by atoms with E-state index >= 15 is 0 Å². The molecule has 7 heteroatoms. The Kier molecular flexibility index (Phi) is 7.76. The topological polar surface area (TPSA) is 83.1 Å². The monoisotopic (exact) mass is 388 g/mol. The maximum Gasteiger partial charge on any atom is 0.255 e. The van der Waals surface area contributed by atoms with E-state index in [1.54, 1.807) is 24.5 Å². The predicted octanol–water partition coefficient (Wildman–Crippen LogP) is 2.76. The highest BCUT2D eigenvalue weighted by atomic mass is 35.5. The Balaban J connectivity index is 0.00000261. The van der Waals surface area contributed by atoms with Crippen molar-refractivity contribution >= 4 is 29.9 Å². The highest BCUT2D eigenvalue weighted by molar-refractivity contribution is 6.04. The van der Waals surface area contributed by atoms with E-state index in [0.717, 1.165) is 24.9 Å². The molecule has 1 fully saturated rings. The maximum absolute atomic E-state index is 12.4. The average molecular weight is 389 g/mol. The summed E-state index contributed by atoms with van der Waals surface area (Å²) in [6.45, 7) is 3.44. The number of nitrogens with zero attached hydrogens (tertiary/aromatic N) is 1. The molecule has 0 spiro atoms. The lowest BCUT2D eigenvalue weighted by Gasteiger charge is -2.27. The lowest BCUT2D eigenvalue weighted by molar-refractivity contribution is -0.126. The molecule has 6 nitrogen and oxygen atoms in total. The van der Waals surface area contributed by atoms with Crippen LogP contribution in [0.4, 0.5) is 5.69 Å². The first-order chi connectivity index (χ1) is 12.6. The fraction of sp³-hybridized carbons (Fsp3) is 0.350. The smallest absolute Gasteiger partial charge is 0.255 e. The number of hydrogen-bond acceptors (Lipinski definition) is 4. The Morgan fingerprint density at radius 3 is 2.74 bits per heavy atom. The van der Waals surface area contributed by atoms with E-state index in [9.17, 15) is 9.59 Å². The Hall–Kier alpha value is -2.44. The van der Waals surface area contributed by atoms with E-state index in [4.69, 9.17) is 0 Å². The molecule has 1 aliphatic rings. The lowest BCUT2D eigenvalue weighted by Crippen LogP contribution is -2.42. The number of carbonyl (C=O) groups excluding carboxylic acids is 2. The lowest BCUT2D eigenvalue weighted by atomic mass is 9.92. The zero-order chi connectivity index (χ0) is 18.4. The van der Waals surface area contributed by atoms with Gasteiger partial charge in [-0.2, -0.15) is 0 Å². The third-order valence-electron chi connectivity index (χ3n) is 4.59. The van der Waals surface area contributed by atoms with Crippen molar-refractivity contribution in [3.05, 3.63) is 59.9 Å². The van der Waals surface area contributed by atoms with Gasteiger partial charge in [0.15, 0.2) is 0 Å². The molecule has 2 amide bonds. The van der Waals surface area contributed by atoms with Crippen LogP contribution in [0.2, 0.25) is 0 Å². The van der Waals surface area contributed by atoms with Gasteiger partial charge in [0.05, 0.1) is 0 Å². The quantitative estimate of drug-likeness (QED) is 0.735. The number of benzene rings is 1. The van der Waals surface area contributed by atoms with Crippen molar-refractivity contribution in [1.29, 1.82) is 0 Å². The first kappa shape index (κ1) is 20.9. The summed E-state index contributed by atoms with van der Waals surface area (Å²) in [5.41, 5.74) is 2.21. The zero-order valence-electron chi connectivity index (χ0n) is 15.3. The average Bonchev–Trinajstić information content (AvgIpc) is 2.67. The van der Waals surface area contributed by atoms with Crippen molar-refractivity contribution in [2.75, 3.05) is 11.9 Å². The number of amides is 2. The second kappa shape index (κ2) is 10.0. The third-order valence-corrected chi connectivity index (χ3v) is 4.59. The van der Waals surface area contributed by atoms with Crippen molar-refractivity contribution in [3.63, 3.8) is 0 Å². The van der Waals surface area contributed by atoms with Gasteiger partial charge in [-0.15, -0.1) is 12.4 Å². The number of carbonyl (C=O) groups is 2. The summed E-state index contributed by atoms with van der Waals surface area (Å²) in [6.07, 6.45) is 4.91. The van der Waals surface area contributed by atoms with Crippen LogP contribution < -0.4 is 16.0 Å². The SMILES string of the molecule is C[C@H]1C[C@@H](C(=O)NCc2cccc(NC(=O)c3ccncc3)c2)CCN1.Cl. The van der Waals surface area contributed by atoms with Crippen molar-refractivity contribution in [3.8, 4) is 0 Å². The van der Waals surface area contributed by atoms with E-state index in [1.165, 1.54) is 0 Å². The summed E-state index contributed by atoms with van der Waals surface area (Å²) in [6, 6.07) is 11.2. The largest absolute Gasteiger partial charge is 0.352 e. The molecule has 3 N–H and O–H groups in total. The van der Waals surface area contributed by atoms with Gasteiger partial charge in [0, 0.05) is 42.1 Å². The molecule has 144 valence electrons. The molecule has 2 heterocycles. The molecule has 1 aliphatic heterocycles. The second-order valence-electron chi connectivity index (χ2n) is 6.68. The number of piperidine rings is 1. The Bertz CT molecular complexity index is 770. The van der Waals surface area contributed by atoms with Crippen molar-refractivity contribution in [1.82, 2.24) is 15.6 Å². The number of hydrogen-bond donors (Lipinski definition) is 3. The van der Waals surface area contributed by atoms with Crippen LogP contribution in [0.25, 0.3) is 0 Å². The van der Waals surface area contributed by atoms with E-state index in [2.05, 4.69) is 27.9 Å². The van der Waals surface area contributed by atoms with Gasteiger partial charge in [-0.3, -0.25) is 14.6 Å². The van der Waals surface area contributed by atoms with Gasteiger partial charge in [0.25, 0.3) is 5.91 Å². The zero-order valence-corrected chi connectivity index (χ0v) is 16.1. The molecule has 0 aliphatic carbocycles. The first-order valence-electron chi connectivity index (χ1n) is 8.93. The minimum atomic E-state index is -0.183. The predicted molar refractivity (Wildman–Crippen MR) is 108 cm³/mol. The molecule has 1 saturated heterocycles. The fourth-order valence-corrected chi connectivity index (χ4v) is 3.17. The van der Waals surface area contributed by atoms with Gasteiger partial charge in [-0.05, 0) is 56.1 Å². The van der Waals surface area contributed by atoms with Gasteiger partial charge in [0.2, 0.25) is 5.91 Å². The normalized spacial score (nSPS) is 18.9. The van der Waals surface area contributed by atoms with Gasteiger partial charge in [0.1, 0.15) is 0 Å². The molecule has 2 atom stereocenters. The molecule has 0 saturated carbocycles. The summed E-state index contributed by atoms with van der Waals surface area (Å²) in [5.74, 6) is -0.0114. The molecule has 0 bridgehead atoms. The molecule has 2 aromatic rings. The van der Waals surface area contributed by atoms with Crippen molar-refractivity contribution in [2.45, 2.75) is 32.4 Å². The van der Waals surface area contributed by atoms with Crippen LogP contribution in [0, 0.1) is 5.92 Å². The summed E-state index contributed by atoms with van der Waals surface area (Å²) >= 11 is 0. The standard InChI is InChI=1S/C20H24N4O2.ClH/c1-14-11-17(7-10-22-14)19(25)23-13-15-3-2-4-18(12-15)24-20(26)16-5-8-21-9-6-16;/h2-6,8-9,12,14,17,22H,7,10-11,13H2,1H3,(H,23,25)(H,24,26);1H/t14-,17-;/m0./s1. The molecular formula is C20H25ClN4O2. The van der Waals surface area contributed by atoms with Gasteiger partial charge < -0.3 is 16.0 Å². The second-order valence-corrected chi connectivity index (χ2v) is 6.68. The van der Waals surface area contributed by atoms with E-state index < -0.39 is 0 Å². The Morgan fingerprint density at radius 1 is 1.22 bits per heavy atom. The van der Waals surface area contributed by atoms with Crippen molar-refractivity contribution in [2.24, 2.45) is 5.92 Å². The highest BCUT2D eigenvalue weighted by Gasteiger charge is 2.24. The summed E-state index contributed by atoms with van der Waals surface area (Å²) < 4.78 is 0. The van der Waals surface area contributed by atoms with Gasteiger partial charge in [-0.25, -0.2) is 0 Å². The fourth-order valence-electron chi connectivity index (χ4n) is 3.17. The minimum absolute atomic E-state index is 0. The first-order valence-corrected chi connectivity index (χ1v) is 8.93. The van der Waals surface area contributed by atoms with Crippen LogP contribution in [0.15, 0.2) is 48.8 Å². The number of anilines is 1. The minimum Gasteiger partial charge on any atom is -0.352 e. The van der Waals surface area contributed by atoms with Crippen LogP contribution >= 0.6 is 12.4 Å². The molecule has 1 aromatic carbocycles. The third kappa shape index (κ3) is 6.05. The molecule has 27 heavy (non-hydrogen) atoms. The maximum atomic E-state index is 12.4.